The highest BCUT2D eigenvalue weighted by Gasteiger charge is 2.34. The summed E-state index contributed by atoms with van der Waals surface area (Å²) in [5.41, 5.74) is -0.608. The number of amidine groups is 1. The number of nitrogens with one attached hydrogen (secondary N) is 2. The fourth-order valence-corrected chi connectivity index (χ4v) is 7.11. The van der Waals surface area contributed by atoms with E-state index >= 15 is 0 Å². The summed E-state index contributed by atoms with van der Waals surface area (Å²) >= 11 is 2.34. The Bertz CT molecular complexity index is 1570. The first-order valence-electron chi connectivity index (χ1n) is 10.4. The van der Waals surface area contributed by atoms with Gasteiger partial charge in [-0.2, -0.15) is 13.5 Å². The van der Waals surface area contributed by atoms with E-state index in [0.29, 0.717) is 11.3 Å². The molecule has 3 aromatic heterocycles. The fraction of sp³-hybridized carbons (Fsp3) is 0.350. The summed E-state index contributed by atoms with van der Waals surface area (Å²) in [6.07, 6.45) is 1.61. The molecule has 1 aliphatic rings. The highest BCUT2D eigenvalue weighted by molar-refractivity contribution is 7.91. The van der Waals surface area contributed by atoms with Crippen molar-refractivity contribution in [1.82, 2.24) is 14.5 Å². The Balaban J connectivity index is 1.84. The normalized spacial score (nSPS) is 15.0. The van der Waals surface area contributed by atoms with Crippen LogP contribution < -0.4 is 15.6 Å². The van der Waals surface area contributed by atoms with E-state index in [2.05, 4.69) is 19.5 Å². The van der Waals surface area contributed by atoms with E-state index in [1.54, 1.807) is 17.5 Å². The first kappa shape index (κ1) is 25.5. The van der Waals surface area contributed by atoms with E-state index in [9.17, 15) is 26.7 Å². The van der Waals surface area contributed by atoms with E-state index in [0.717, 1.165) is 17.6 Å². The van der Waals surface area contributed by atoms with Crippen LogP contribution in [0.5, 0.6) is 5.75 Å². The van der Waals surface area contributed by atoms with Gasteiger partial charge in [0.1, 0.15) is 21.2 Å². The van der Waals surface area contributed by atoms with Crippen molar-refractivity contribution in [2.45, 2.75) is 38.3 Å². The van der Waals surface area contributed by atoms with Crippen molar-refractivity contribution in [3.05, 3.63) is 44.4 Å². The SMILES string of the molecule is CC(C)CCn1nc(-c2cccs2)c(O)c(C2=NS(=O)(=O)c3c(CNS(C)(=O)=O)csc3N2)c1=O. The average molecular weight is 558 g/mol. The quantitative estimate of drug-likeness (QED) is 0.381. The van der Waals surface area contributed by atoms with Gasteiger partial charge in [0.15, 0.2) is 11.6 Å². The highest BCUT2D eigenvalue weighted by atomic mass is 32.2. The summed E-state index contributed by atoms with van der Waals surface area (Å²) in [5, 5.41) is 21.7. The van der Waals surface area contributed by atoms with E-state index in [1.165, 1.54) is 21.4 Å². The standard InChI is InChI=1S/C20H23N5O6S4/c1-11(2)6-7-25-20(27)14(16(26)15(23-25)13-5-4-8-32-13)18-22-19-17(35(30,31)24-18)12(10-33-19)9-21-34(3,28)29/h4-5,8,10-11,21,26H,6-7,9H2,1-3H3,(H,22,24). The molecule has 0 unspecified atom stereocenters. The molecule has 0 amide bonds. The van der Waals surface area contributed by atoms with Crippen LogP contribution >= 0.6 is 22.7 Å². The van der Waals surface area contributed by atoms with Crippen molar-refractivity contribution in [3.63, 3.8) is 0 Å². The van der Waals surface area contributed by atoms with Crippen molar-refractivity contribution in [3.8, 4) is 16.3 Å². The van der Waals surface area contributed by atoms with E-state index in [4.69, 9.17) is 0 Å². The van der Waals surface area contributed by atoms with Gasteiger partial charge in [-0.1, -0.05) is 19.9 Å². The van der Waals surface area contributed by atoms with E-state index in [-0.39, 0.29) is 51.6 Å². The second kappa shape index (κ2) is 9.46. The van der Waals surface area contributed by atoms with Crippen LogP contribution in [-0.2, 0) is 33.1 Å². The zero-order valence-corrected chi connectivity index (χ0v) is 22.2. The first-order chi connectivity index (χ1) is 16.4. The molecule has 0 radical (unpaired) electrons. The number of aromatic hydroxyl groups is 1. The third-order valence-electron chi connectivity index (χ3n) is 5.08. The Kier molecular flexibility index (Phi) is 6.89. The average Bonchev–Trinajstić information content (AvgIpc) is 3.41. The molecule has 4 rings (SSSR count). The number of rotatable bonds is 8. The van der Waals surface area contributed by atoms with Gasteiger partial charge in [-0.25, -0.2) is 17.8 Å². The third-order valence-corrected chi connectivity index (χ3v) is 9.11. The number of aromatic nitrogens is 2. The lowest BCUT2D eigenvalue weighted by Gasteiger charge is -2.18. The molecule has 35 heavy (non-hydrogen) atoms. The summed E-state index contributed by atoms with van der Waals surface area (Å²) in [4.78, 5) is 13.8. The number of hydrogen-bond acceptors (Lipinski definition) is 10. The molecule has 0 bridgehead atoms. The fourth-order valence-electron chi connectivity index (χ4n) is 3.37. The minimum absolute atomic E-state index is 0.148. The largest absolute Gasteiger partial charge is 0.505 e. The number of aryl methyl sites for hydroxylation is 1. The van der Waals surface area contributed by atoms with Gasteiger partial charge >= 0.3 is 0 Å². The van der Waals surface area contributed by atoms with Gasteiger partial charge in [0.25, 0.3) is 15.6 Å². The molecule has 4 heterocycles. The molecule has 0 aromatic carbocycles. The van der Waals surface area contributed by atoms with E-state index < -0.39 is 31.4 Å². The lowest BCUT2D eigenvalue weighted by atomic mass is 10.1. The Morgan fingerprint density at radius 1 is 1.29 bits per heavy atom. The van der Waals surface area contributed by atoms with Gasteiger partial charge in [-0.05, 0) is 29.2 Å². The van der Waals surface area contributed by atoms with Crippen molar-refractivity contribution < 1.29 is 21.9 Å². The lowest BCUT2D eigenvalue weighted by molar-refractivity contribution is 0.444. The molecule has 11 nitrogen and oxygen atoms in total. The summed E-state index contributed by atoms with van der Waals surface area (Å²) < 4.78 is 56.4. The monoisotopic (exact) mass is 557 g/mol. The van der Waals surface area contributed by atoms with E-state index in [1.807, 2.05) is 13.8 Å². The van der Waals surface area contributed by atoms with Gasteiger partial charge in [0, 0.05) is 18.7 Å². The molecule has 3 N–H and O–H groups in total. The Morgan fingerprint density at radius 3 is 2.66 bits per heavy atom. The predicted octanol–water partition coefficient (Wildman–Crippen LogP) is 2.40. The minimum atomic E-state index is -4.31. The topological polar surface area (TPSA) is 160 Å². The van der Waals surface area contributed by atoms with Gasteiger partial charge in [-0.15, -0.1) is 27.1 Å². The van der Waals surface area contributed by atoms with Crippen molar-refractivity contribution in [1.29, 1.82) is 0 Å². The molecule has 188 valence electrons. The van der Waals surface area contributed by atoms with Gasteiger partial charge in [0.05, 0.1) is 11.1 Å². The molecule has 1 aliphatic heterocycles. The molecule has 0 saturated heterocycles. The van der Waals surface area contributed by atoms with Crippen molar-refractivity contribution in [2.75, 3.05) is 11.6 Å². The summed E-state index contributed by atoms with van der Waals surface area (Å²) in [6.45, 7) is 4.04. The summed E-state index contributed by atoms with van der Waals surface area (Å²) in [6, 6.07) is 3.51. The van der Waals surface area contributed by atoms with Crippen LogP contribution in [0.3, 0.4) is 0 Å². The number of anilines is 1. The Labute approximate surface area is 210 Å². The Morgan fingerprint density at radius 2 is 2.03 bits per heavy atom. The second-order valence-corrected chi connectivity index (χ2v) is 13.5. The van der Waals surface area contributed by atoms with Crippen LogP contribution in [0, 0.1) is 5.92 Å². The zero-order chi connectivity index (χ0) is 25.5. The number of thiophene rings is 2. The maximum Gasteiger partial charge on any atom is 0.287 e. The minimum Gasteiger partial charge on any atom is -0.505 e. The highest BCUT2D eigenvalue weighted by Crippen LogP contribution is 2.39. The molecule has 0 spiro atoms. The van der Waals surface area contributed by atoms with Crippen LogP contribution in [0.15, 0.2) is 37.0 Å². The maximum absolute atomic E-state index is 13.3. The smallest absolute Gasteiger partial charge is 0.287 e. The third kappa shape index (κ3) is 5.33. The molecule has 0 aliphatic carbocycles. The summed E-state index contributed by atoms with van der Waals surface area (Å²) in [5.74, 6) is -0.508. The molecule has 0 fully saturated rings. The molecular weight excluding hydrogens is 535 g/mol. The van der Waals surface area contributed by atoms with Gasteiger partial charge < -0.3 is 10.4 Å². The van der Waals surface area contributed by atoms with Gasteiger partial charge in [-0.3, -0.25) is 4.79 Å². The molecule has 0 saturated carbocycles. The van der Waals surface area contributed by atoms with Crippen molar-refractivity contribution in [2.24, 2.45) is 10.3 Å². The van der Waals surface area contributed by atoms with Crippen LogP contribution in [-0.4, -0.2) is 43.8 Å². The van der Waals surface area contributed by atoms with Gasteiger partial charge in [0.2, 0.25) is 10.0 Å². The van der Waals surface area contributed by atoms with Crippen LogP contribution in [0.4, 0.5) is 5.00 Å². The number of nitrogens with zero attached hydrogens (tertiary/aromatic N) is 3. The Hall–Kier alpha value is -2.59. The lowest BCUT2D eigenvalue weighted by Crippen LogP contribution is -2.34. The van der Waals surface area contributed by atoms with Crippen LogP contribution in [0.1, 0.15) is 31.4 Å². The van der Waals surface area contributed by atoms with Crippen molar-refractivity contribution >= 4 is 53.6 Å². The van der Waals surface area contributed by atoms with Crippen LogP contribution in [0.25, 0.3) is 10.6 Å². The molecular formula is C20H23N5O6S4. The second-order valence-electron chi connectivity index (χ2n) is 8.31. The molecule has 0 atom stereocenters. The number of sulfonamides is 2. The number of hydrogen-bond donors (Lipinski definition) is 3. The predicted molar refractivity (Wildman–Crippen MR) is 136 cm³/mol. The molecule has 3 aromatic rings. The maximum atomic E-state index is 13.3. The first-order valence-corrected chi connectivity index (χ1v) is 15.5. The number of fused-ring (bicyclic) bond motifs is 1. The molecule has 15 heteroatoms. The zero-order valence-electron chi connectivity index (χ0n) is 19.0. The summed E-state index contributed by atoms with van der Waals surface area (Å²) in [7, 11) is -7.86. The van der Waals surface area contributed by atoms with Crippen LogP contribution in [0.2, 0.25) is 0 Å².